The minimum absolute atomic E-state index is 0.0523. The van der Waals surface area contributed by atoms with Gasteiger partial charge in [0.2, 0.25) is 0 Å². The van der Waals surface area contributed by atoms with Gasteiger partial charge in [0.05, 0.1) is 11.7 Å². The molecule has 3 heteroatoms. The highest BCUT2D eigenvalue weighted by atomic mass is 16.5. The van der Waals surface area contributed by atoms with Gasteiger partial charge in [0.25, 0.3) is 0 Å². The molecule has 0 spiro atoms. The van der Waals surface area contributed by atoms with E-state index in [4.69, 9.17) is 10.5 Å². The highest BCUT2D eigenvalue weighted by Gasteiger charge is 2.38. The second-order valence-corrected chi connectivity index (χ2v) is 5.62. The molecule has 0 aromatic heterocycles. The van der Waals surface area contributed by atoms with Gasteiger partial charge in [-0.15, -0.1) is 0 Å². The van der Waals surface area contributed by atoms with Crippen molar-refractivity contribution in [2.24, 2.45) is 5.73 Å². The van der Waals surface area contributed by atoms with Gasteiger partial charge < -0.3 is 10.5 Å². The molecular weight excluding hydrogens is 188 g/mol. The van der Waals surface area contributed by atoms with Crippen molar-refractivity contribution in [1.29, 1.82) is 0 Å². The molecule has 0 bridgehead atoms. The molecule has 3 nitrogen and oxygen atoms in total. The molecule has 1 aliphatic heterocycles. The van der Waals surface area contributed by atoms with E-state index in [0.29, 0.717) is 12.6 Å². The summed E-state index contributed by atoms with van der Waals surface area (Å²) in [4.78, 5) is 2.49. The fourth-order valence-electron chi connectivity index (χ4n) is 2.36. The van der Waals surface area contributed by atoms with Crippen LogP contribution in [0.1, 0.15) is 41.0 Å². The van der Waals surface area contributed by atoms with Gasteiger partial charge in [0.1, 0.15) is 0 Å². The molecule has 2 N–H and O–H groups in total. The molecule has 0 radical (unpaired) electrons. The first-order valence-corrected chi connectivity index (χ1v) is 5.96. The van der Waals surface area contributed by atoms with Gasteiger partial charge in [-0.05, 0) is 34.1 Å². The quantitative estimate of drug-likeness (QED) is 0.776. The Morgan fingerprint density at radius 2 is 2.13 bits per heavy atom. The van der Waals surface area contributed by atoms with Gasteiger partial charge in [0, 0.05) is 25.2 Å². The van der Waals surface area contributed by atoms with Crippen molar-refractivity contribution in [1.82, 2.24) is 4.90 Å². The van der Waals surface area contributed by atoms with Crippen LogP contribution in [0.2, 0.25) is 0 Å². The molecule has 15 heavy (non-hydrogen) atoms. The first-order chi connectivity index (χ1) is 6.83. The zero-order chi connectivity index (χ0) is 11.7. The summed E-state index contributed by atoms with van der Waals surface area (Å²) in [5.41, 5.74) is 5.97. The van der Waals surface area contributed by atoms with E-state index in [-0.39, 0.29) is 11.1 Å². The third-order valence-corrected chi connectivity index (χ3v) is 3.53. The number of rotatable bonds is 3. The van der Waals surface area contributed by atoms with Crippen molar-refractivity contribution in [3.63, 3.8) is 0 Å². The minimum atomic E-state index is -0.0523. The van der Waals surface area contributed by atoms with E-state index < -0.39 is 0 Å². The second kappa shape index (κ2) is 4.40. The highest BCUT2D eigenvalue weighted by Crippen LogP contribution is 2.28. The molecule has 0 aromatic rings. The largest absolute Gasteiger partial charge is 0.370 e. The molecule has 0 aliphatic carbocycles. The van der Waals surface area contributed by atoms with Gasteiger partial charge >= 0.3 is 0 Å². The third-order valence-electron chi connectivity index (χ3n) is 3.53. The standard InChI is InChI=1S/C12H26N2O/c1-6-12(5,8-13)14-7-10(2)15-11(3,4)9-14/h10H,6-9,13H2,1-5H3. The molecular formula is C12H26N2O. The maximum atomic E-state index is 5.91. The van der Waals surface area contributed by atoms with Gasteiger partial charge in [-0.25, -0.2) is 0 Å². The van der Waals surface area contributed by atoms with Crippen molar-refractivity contribution in [3.05, 3.63) is 0 Å². The Hall–Kier alpha value is -0.120. The molecule has 0 saturated carbocycles. The average Bonchev–Trinajstić information content (AvgIpc) is 2.13. The van der Waals surface area contributed by atoms with Crippen LogP contribution in [0.3, 0.4) is 0 Å². The lowest BCUT2D eigenvalue weighted by Crippen LogP contribution is -2.61. The topological polar surface area (TPSA) is 38.5 Å². The predicted molar refractivity (Wildman–Crippen MR) is 63.9 cm³/mol. The van der Waals surface area contributed by atoms with Crippen molar-refractivity contribution in [3.8, 4) is 0 Å². The molecule has 1 saturated heterocycles. The molecule has 1 heterocycles. The van der Waals surface area contributed by atoms with Gasteiger partial charge in [0.15, 0.2) is 0 Å². The van der Waals surface area contributed by atoms with Crippen molar-refractivity contribution in [2.45, 2.75) is 58.3 Å². The lowest BCUT2D eigenvalue weighted by Gasteiger charge is -2.49. The third kappa shape index (κ3) is 2.92. The fourth-order valence-corrected chi connectivity index (χ4v) is 2.36. The zero-order valence-corrected chi connectivity index (χ0v) is 10.8. The second-order valence-electron chi connectivity index (χ2n) is 5.62. The Morgan fingerprint density at radius 3 is 2.53 bits per heavy atom. The van der Waals surface area contributed by atoms with Gasteiger partial charge in [-0.2, -0.15) is 0 Å². The lowest BCUT2D eigenvalue weighted by atomic mass is 9.92. The van der Waals surface area contributed by atoms with Crippen molar-refractivity contribution in [2.75, 3.05) is 19.6 Å². The summed E-state index contributed by atoms with van der Waals surface area (Å²) in [5.74, 6) is 0. The van der Waals surface area contributed by atoms with Crippen LogP contribution in [-0.2, 0) is 4.74 Å². The number of ether oxygens (including phenoxy) is 1. The summed E-state index contributed by atoms with van der Waals surface area (Å²) in [5, 5.41) is 0. The zero-order valence-electron chi connectivity index (χ0n) is 10.8. The molecule has 1 fully saturated rings. The number of hydrogen-bond acceptors (Lipinski definition) is 3. The summed E-state index contributed by atoms with van der Waals surface area (Å²) in [6, 6.07) is 0. The summed E-state index contributed by atoms with van der Waals surface area (Å²) >= 11 is 0. The number of hydrogen-bond donors (Lipinski definition) is 1. The maximum Gasteiger partial charge on any atom is 0.0757 e. The van der Waals surface area contributed by atoms with Crippen LogP contribution in [0.5, 0.6) is 0 Å². The summed E-state index contributed by atoms with van der Waals surface area (Å²) in [6.45, 7) is 13.6. The van der Waals surface area contributed by atoms with Gasteiger partial charge in [-0.1, -0.05) is 6.92 Å². The summed E-state index contributed by atoms with van der Waals surface area (Å²) < 4.78 is 5.91. The molecule has 2 atom stereocenters. The van der Waals surface area contributed by atoms with Crippen LogP contribution < -0.4 is 5.73 Å². The first kappa shape index (κ1) is 12.9. The van der Waals surface area contributed by atoms with Crippen LogP contribution in [0.25, 0.3) is 0 Å². The van der Waals surface area contributed by atoms with E-state index in [1.807, 2.05) is 0 Å². The minimum Gasteiger partial charge on any atom is -0.370 e. The Balaban J connectivity index is 2.77. The highest BCUT2D eigenvalue weighted by molar-refractivity contribution is 4.93. The number of morpholine rings is 1. The normalized spacial score (nSPS) is 31.2. The summed E-state index contributed by atoms with van der Waals surface area (Å²) in [6.07, 6.45) is 1.39. The van der Waals surface area contributed by atoms with Crippen LogP contribution in [-0.4, -0.2) is 41.8 Å². The van der Waals surface area contributed by atoms with E-state index >= 15 is 0 Å². The molecule has 2 unspecified atom stereocenters. The van der Waals surface area contributed by atoms with E-state index in [1.165, 1.54) is 0 Å². The molecule has 1 rings (SSSR count). The summed E-state index contributed by atoms with van der Waals surface area (Å²) in [7, 11) is 0. The fraction of sp³-hybridized carbons (Fsp3) is 1.00. The Bertz CT molecular complexity index is 212. The van der Waals surface area contributed by atoms with E-state index in [9.17, 15) is 0 Å². The monoisotopic (exact) mass is 214 g/mol. The van der Waals surface area contributed by atoms with Crippen LogP contribution in [0, 0.1) is 0 Å². The Morgan fingerprint density at radius 1 is 1.53 bits per heavy atom. The SMILES string of the molecule is CCC(C)(CN)N1CC(C)OC(C)(C)C1. The predicted octanol–water partition coefficient (Wildman–Crippen LogP) is 1.61. The van der Waals surface area contributed by atoms with Crippen molar-refractivity contribution >= 4 is 0 Å². The molecule has 0 aromatic carbocycles. The Kier molecular flexibility index (Phi) is 3.80. The number of nitrogens with two attached hydrogens (primary N) is 1. The van der Waals surface area contributed by atoms with Gasteiger partial charge in [-0.3, -0.25) is 4.90 Å². The molecule has 0 amide bonds. The maximum absolute atomic E-state index is 5.91. The van der Waals surface area contributed by atoms with E-state index in [1.54, 1.807) is 0 Å². The first-order valence-electron chi connectivity index (χ1n) is 5.96. The lowest BCUT2D eigenvalue weighted by molar-refractivity contribution is -0.150. The average molecular weight is 214 g/mol. The van der Waals surface area contributed by atoms with Crippen LogP contribution in [0.15, 0.2) is 0 Å². The Labute approximate surface area is 94.0 Å². The number of nitrogens with zero attached hydrogens (tertiary/aromatic N) is 1. The van der Waals surface area contributed by atoms with Crippen LogP contribution >= 0.6 is 0 Å². The molecule has 90 valence electrons. The van der Waals surface area contributed by atoms with E-state index in [2.05, 4.69) is 39.5 Å². The smallest absolute Gasteiger partial charge is 0.0757 e. The van der Waals surface area contributed by atoms with Crippen molar-refractivity contribution < 1.29 is 4.74 Å². The van der Waals surface area contributed by atoms with Crippen LogP contribution in [0.4, 0.5) is 0 Å². The van der Waals surface area contributed by atoms with E-state index in [0.717, 1.165) is 19.5 Å². The molecule has 1 aliphatic rings.